The van der Waals surface area contributed by atoms with E-state index in [1.165, 1.54) is 17.3 Å². The fourth-order valence-corrected chi connectivity index (χ4v) is 4.81. The van der Waals surface area contributed by atoms with Crippen LogP contribution < -0.4 is 9.47 Å². The van der Waals surface area contributed by atoms with Crippen molar-refractivity contribution in [1.29, 1.82) is 0 Å². The molecule has 0 aliphatic carbocycles. The summed E-state index contributed by atoms with van der Waals surface area (Å²) in [6.07, 6.45) is 1.63. The molecule has 0 spiro atoms. The lowest BCUT2D eigenvalue weighted by Gasteiger charge is -2.11. The smallest absolute Gasteiger partial charge is 0.237 e. The van der Waals surface area contributed by atoms with Crippen LogP contribution in [0.1, 0.15) is 31.1 Å². The summed E-state index contributed by atoms with van der Waals surface area (Å²) in [5.41, 5.74) is 3.11. The average Bonchev–Trinajstić information content (AvgIpc) is 3.60. The second kappa shape index (κ2) is 12.4. The van der Waals surface area contributed by atoms with Gasteiger partial charge in [-0.25, -0.2) is 0 Å². The Balaban J connectivity index is 1.34. The van der Waals surface area contributed by atoms with Crippen molar-refractivity contribution in [3.63, 3.8) is 0 Å². The van der Waals surface area contributed by atoms with E-state index in [0.29, 0.717) is 30.7 Å². The number of nitrogens with zero attached hydrogens (tertiary/aromatic N) is 5. The highest BCUT2D eigenvalue weighted by Gasteiger charge is 2.17. The molecule has 0 aliphatic heterocycles. The van der Waals surface area contributed by atoms with Crippen LogP contribution in [0.25, 0.3) is 17.1 Å². The fraction of sp³-hybridized carbons (Fsp3) is 0.241. The van der Waals surface area contributed by atoms with E-state index in [2.05, 4.69) is 49.2 Å². The van der Waals surface area contributed by atoms with Gasteiger partial charge in [0.2, 0.25) is 11.7 Å². The number of rotatable bonds is 12. The minimum atomic E-state index is 0.470. The Hall–Kier alpha value is -4.11. The summed E-state index contributed by atoms with van der Waals surface area (Å²) in [6.45, 7) is 5.18. The van der Waals surface area contributed by atoms with Crippen LogP contribution in [0.4, 0.5) is 0 Å². The number of aryl methyl sites for hydroxylation is 2. The summed E-state index contributed by atoms with van der Waals surface area (Å²) in [7, 11) is 0. The molecule has 5 rings (SSSR count). The minimum Gasteiger partial charge on any atom is -0.494 e. The van der Waals surface area contributed by atoms with Crippen LogP contribution in [0.2, 0.25) is 0 Å². The molecule has 0 fully saturated rings. The van der Waals surface area contributed by atoms with E-state index >= 15 is 0 Å². The Morgan fingerprint density at radius 1 is 0.789 bits per heavy atom. The Labute approximate surface area is 226 Å². The highest BCUT2D eigenvalue weighted by Crippen LogP contribution is 2.28. The molecule has 0 saturated carbocycles. The third kappa shape index (κ3) is 6.23. The monoisotopic (exact) mass is 527 g/mol. The largest absolute Gasteiger partial charge is 0.494 e. The molecule has 0 radical (unpaired) electrons. The molecular weight excluding hydrogens is 498 g/mol. The summed E-state index contributed by atoms with van der Waals surface area (Å²) in [4.78, 5) is 4.58. The molecule has 8 nitrogen and oxygen atoms in total. The maximum absolute atomic E-state index is 5.63. The van der Waals surface area contributed by atoms with Gasteiger partial charge in [0.1, 0.15) is 17.3 Å². The maximum Gasteiger partial charge on any atom is 0.237 e. The molecule has 2 aromatic heterocycles. The summed E-state index contributed by atoms with van der Waals surface area (Å²) >= 11 is 1.51. The lowest BCUT2D eigenvalue weighted by atomic mass is 10.1. The lowest BCUT2D eigenvalue weighted by Crippen LogP contribution is -2.05. The van der Waals surface area contributed by atoms with Crippen LogP contribution in [0.5, 0.6) is 11.5 Å². The van der Waals surface area contributed by atoms with Crippen molar-refractivity contribution in [2.24, 2.45) is 0 Å². The maximum atomic E-state index is 5.63. The van der Waals surface area contributed by atoms with Gasteiger partial charge in [-0.3, -0.25) is 4.57 Å². The van der Waals surface area contributed by atoms with Crippen LogP contribution in [0, 0.1) is 0 Å². The van der Waals surface area contributed by atoms with Gasteiger partial charge in [0.25, 0.3) is 0 Å². The number of aromatic nitrogens is 5. The fourth-order valence-electron chi connectivity index (χ4n) is 4.00. The third-order valence-corrected chi connectivity index (χ3v) is 6.72. The molecule has 38 heavy (non-hydrogen) atoms. The van der Waals surface area contributed by atoms with E-state index in [0.717, 1.165) is 46.6 Å². The zero-order valence-corrected chi connectivity index (χ0v) is 22.2. The van der Waals surface area contributed by atoms with Crippen molar-refractivity contribution in [3.8, 4) is 28.6 Å². The van der Waals surface area contributed by atoms with E-state index in [1.807, 2.05) is 68.4 Å². The Bertz CT molecular complexity index is 1430. The molecule has 5 aromatic rings. The SMILES string of the molecule is CCOc1ccc(-c2noc(CSc3nnc(CCc4ccccc4)n3-c3ccc(OCC)cc3)n2)cc1. The van der Waals surface area contributed by atoms with Gasteiger partial charge in [0.15, 0.2) is 5.16 Å². The molecule has 3 aromatic carbocycles. The molecule has 0 aliphatic rings. The van der Waals surface area contributed by atoms with Crippen LogP contribution in [0.15, 0.2) is 88.5 Å². The van der Waals surface area contributed by atoms with Crippen LogP contribution in [-0.4, -0.2) is 38.1 Å². The van der Waals surface area contributed by atoms with E-state index < -0.39 is 0 Å². The van der Waals surface area contributed by atoms with Gasteiger partial charge in [0, 0.05) is 17.7 Å². The number of hydrogen-bond acceptors (Lipinski definition) is 8. The molecule has 0 amide bonds. The Morgan fingerprint density at radius 2 is 1.47 bits per heavy atom. The number of thioether (sulfide) groups is 1. The van der Waals surface area contributed by atoms with Crippen LogP contribution in [-0.2, 0) is 18.6 Å². The molecule has 0 atom stereocenters. The summed E-state index contributed by atoms with van der Waals surface area (Å²) in [5.74, 6) is 4.06. The first-order chi connectivity index (χ1) is 18.7. The Kier molecular flexibility index (Phi) is 8.35. The van der Waals surface area contributed by atoms with Gasteiger partial charge in [-0.15, -0.1) is 10.2 Å². The second-order valence-electron chi connectivity index (χ2n) is 8.40. The zero-order valence-electron chi connectivity index (χ0n) is 21.4. The number of benzene rings is 3. The predicted molar refractivity (Wildman–Crippen MR) is 147 cm³/mol. The van der Waals surface area contributed by atoms with Crippen molar-refractivity contribution < 1.29 is 14.0 Å². The minimum absolute atomic E-state index is 0.470. The highest BCUT2D eigenvalue weighted by molar-refractivity contribution is 7.98. The van der Waals surface area contributed by atoms with Gasteiger partial charge in [-0.1, -0.05) is 47.3 Å². The summed E-state index contributed by atoms with van der Waals surface area (Å²) in [5, 5.41) is 14.0. The van der Waals surface area contributed by atoms with Crippen molar-refractivity contribution in [2.75, 3.05) is 13.2 Å². The van der Waals surface area contributed by atoms with Gasteiger partial charge in [0.05, 0.1) is 19.0 Å². The van der Waals surface area contributed by atoms with E-state index in [1.54, 1.807) is 0 Å². The van der Waals surface area contributed by atoms with Gasteiger partial charge >= 0.3 is 0 Å². The van der Waals surface area contributed by atoms with Crippen LogP contribution in [0.3, 0.4) is 0 Å². The molecular formula is C29H29N5O3S. The molecule has 0 bridgehead atoms. The number of ether oxygens (including phenoxy) is 2. The van der Waals surface area contributed by atoms with Gasteiger partial charge < -0.3 is 14.0 Å². The average molecular weight is 528 g/mol. The highest BCUT2D eigenvalue weighted by atomic mass is 32.2. The summed E-state index contributed by atoms with van der Waals surface area (Å²) < 4.78 is 18.8. The van der Waals surface area contributed by atoms with Gasteiger partial charge in [-0.2, -0.15) is 4.98 Å². The quantitative estimate of drug-likeness (QED) is 0.177. The first-order valence-corrected chi connectivity index (χ1v) is 13.6. The van der Waals surface area contributed by atoms with Crippen molar-refractivity contribution in [1.82, 2.24) is 24.9 Å². The van der Waals surface area contributed by atoms with Crippen molar-refractivity contribution >= 4 is 11.8 Å². The molecule has 194 valence electrons. The molecule has 0 N–H and O–H groups in total. The van der Waals surface area contributed by atoms with E-state index in [4.69, 9.17) is 14.0 Å². The van der Waals surface area contributed by atoms with Gasteiger partial charge in [-0.05, 0) is 74.4 Å². The summed E-state index contributed by atoms with van der Waals surface area (Å²) in [6, 6.07) is 26.0. The van der Waals surface area contributed by atoms with Crippen LogP contribution >= 0.6 is 11.8 Å². The topological polar surface area (TPSA) is 88.1 Å². The molecule has 2 heterocycles. The lowest BCUT2D eigenvalue weighted by molar-refractivity contribution is 0.340. The first kappa shape index (κ1) is 25.5. The zero-order chi connectivity index (χ0) is 26.2. The van der Waals surface area contributed by atoms with E-state index in [9.17, 15) is 0 Å². The van der Waals surface area contributed by atoms with Crippen molar-refractivity contribution in [2.45, 2.75) is 37.6 Å². The molecule has 9 heteroatoms. The number of hydrogen-bond donors (Lipinski definition) is 0. The van der Waals surface area contributed by atoms with Crippen molar-refractivity contribution in [3.05, 3.63) is 96.1 Å². The standard InChI is InChI=1S/C29H29N5O3S/c1-3-35-24-15-11-22(12-16-24)28-30-27(37-33-28)20-38-29-32-31-26(19-10-21-8-6-5-7-9-21)34(29)23-13-17-25(18-14-23)36-4-2/h5-9,11-18H,3-4,10,19-20H2,1-2H3. The predicted octanol–water partition coefficient (Wildman–Crippen LogP) is 6.19. The second-order valence-corrected chi connectivity index (χ2v) is 9.35. The normalized spacial score (nSPS) is 11.0. The molecule has 0 unspecified atom stereocenters. The third-order valence-electron chi connectivity index (χ3n) is 5.80. The first-order valence-electron chi connectivity index (χ1n) is 12.6. The van der Waals surface area contributed by atoms with E-state index in [-0.39, 0.29) is 0 Å². The molecule has 0 saturated heterocycles. The Morgan fingerprint density at radius 3 is 2.16 bits per heavy atom.